The summed E-state index contributed by atoms with van der Waals surface area (Å²) in [6.07, 6.45) is 0. The Balaban J connectivity index is 1.64. The molecule has 1 aromatic carbocycles. The fourth-order valence-electron chi connectivity index (χ4n) is 2.16. The molecular weight excluding hydrogens is 382 g/mol. The van der Waals surface area contributed by atoms with Gasteiger partial charge in [0.05, 0.1) is 11.0 Å². The molecule has 8 nitrogen and oxygen atoms in total. The van der Waals surface area contributed by atoms with Gasteiger partial charge in [0.1, 0.15) is 5.76 Å². The molecule has 0 fully saturated rings. The quantitative estimate of drug-likeness (QED) is 0.615. The molecule has 0 aliphatic heterocycles. The number of rotatable bonds is 9. The number of hydrogen-bond donors (Lipinski definition) is 2. The number of esters is 1. The Morgan fingerprint density at radius 3 is 2.68 bits per heavy atom. The Kier molecular flexibility index (Phi) is 8.06. The summed E-state index contributed by atoms with van der Waals surface area (Å²) in [4.78, 5) is 35.6. The zero-order valence-electron chi connectivity index (χ0n) is 16.0. The topological polar surface area (TPSA) is 111 Å². The van der Waals surface area contributed by atoms with Crippen LogP contribution in [0.1, 0.15) is 23.8 Å². The molecule has 0 spiro atoms. The molecular formula is C19H23N3O5S. The number of carbonyl (C=O) groups is 3. The van der Waals surface area contributed by atoms with Crippen LogP contribution in [0.2, 0.25) is 0 Å². The number of benzene rings is 1. The van der Waals surface area contributed by atoms with Crippen LogP contribution in [0.4, 0.5) is 5.82 Å². The lowest BCUT2D eigenvalue weighted by molar-refractivity contribution is -0.145. The predicted octanol–water partition coefficient (Wildman–Crippen LogP) is 2.21. The fourth-order valence-corrected chi connectivity index (χ4v) is 2.84. The summed E-state index contributed by atoms with van der Waals surface area (Å²) < 4.78 is 9.81. The van der Waals surface area contributed by atoms with Gasteiger partial charge in [-0.3, -0.25) is 14.4 Å². The average Bonchev–Trinajstić information content (AvgIpc) is 3.08. The second kappa shape index (κ2) is 10.5. The van der Waals surface area contributed by atoms with Crippen molar-refractivity contribution in [1.29, 1.82) is 0 Å². The molecule has 2 rings (SSSR count). The van der Waals surface area contributed by atoms with Crippen LogP contribution in [0.15, 0.2) is 34.9 Å². The molecule has 1 heterocycles. The van der Waals surface area contributed by atoms with Crippen molar-refractivity contribution in [3.63, 3.8) is 0 Å². The number of nitrogens with one attached hydrogen (secondary N) is 2. The number of aromatic nitrogens is 1. The molecule has 2 amide bonds. The number of anilines is 1. The Labute approximate surface area is 167 Å². The highest BCUT2D eigenvalue weighted by Crippen LogP contribution is 2.14. The lowest BCUT2D eigenvalue weighted by atomic mass is 10.1. The van der Waals surface area contributed by atoms with Gasteiger partial charge in [0, 0.05) is 12.6 Å². The van der Waals surface area contributed by atoms with E-state index < -0.39 is 11.2 Å². The minimum Gasteiger partial charge on any atom is -0.455 e. The molecule has 2 aromatic rings. The van der Waals surface area contributed by atoms with Gasteiger partial charge in [-0.05, 0) is 31.9 Å². The van der Waals surface area contributed by atoms with Gasteiger partial charge < -0.3 is 19.9 Å². The number of hydrogen-bond acceptors (Lipinski definition) is 7. The van der Waals surface area contributed by atoms with Gasteiger partial charge >= 0.3 is 5.97 Å². The van der Waals surface area contributed by atoms with Gasteiger partial charge in [-0.15, -0.1) is 11.8 Å². The molecule has 0 saturated heterocycles. The largest absolute Gasteiger partial charge is 0.455 e. The maximum atomic E-state index is 12.0. The van der Waals surface area contributed by atoms with Gasteiger partial charge in [-0.25, -0.2) is 0 Å². The predicted molar refractivity (Wildman–Crippen MR) is 106 cm³/mol. The monoisotopic (exact) mass is 405 g/mol. The van der Waals surface area contributed by atoms with Crippen LogP contribution >= 0.6 is 11.8 Å². The highest BCUT2D eigenvalue weighted by Gasteiger charge is 2.17. The van der Waals surface area contributed by atoms with Crippen LogP contribution in [0.3, 0.4) is 0 Å². The van der Waals surface area contributed by atoms with Crippen molar-refractivity contribution in [2.24, 2.45) is 0 Å². The Morgan fingerprint density at radius 1 is 1.25 bits per heavy atom. The fraction of sp³-hybridized carbons (Fsp3) is 0.368. The third-order valence-corrected chi connectivity index (χ3v) is 4.92. The molecule has 0 radical (unpaired) electrons. The summed E-state index contributed by atoms with van der Waals surface area (Å²) in [7, 11) is 0. The molecule has 150 valence electrons. The highest BCUT2D eigenvalue weighted by atomic mass is 32.2. The molecule has 0 unspecified atom stereocenters. The second-order valence-corrected chi connectivity index (χ2v) is 7.46. The molecule has 0 bridgehead atoms. The van der Waals surface area contributed by atoms with E-state index in [4.69, 9.17) is 9.26 Å². The first kappa shape index (κ1) is 21.5. The minimum atomic E-state index is -0.562. The zero-order valence-corrected chi connectivity index (χ0v) is 16.8. The smallest absolute Gasteiger partial charge is 0.316 e. The number of nitrogens with zero attached hydrogens (tertiary/aromatic N) is 1. The van der Waals surface area contributed by atoms with Gasteiger partial charge in [-0.1, -0.05) is 29.4 Å². The lowest BCUT2D eigenvalue weighted by Gasteiger charge is -2.11. The Hall–Kier alpha value is -2.81. The number of ether oxygens (including phenoxy) is 1. The van der Waals surface area contributed by atoms with Crippen molar-refractivity contribution in [3.8, 4) is 0 Å². The van der Waals surface area contributed by atoms with E-state index in [9.17, 15) is 14.4 Å². The molecule has 0 saturated carbocycles. The second-order valence-electron chi connectivity index (χ2n) is 6.13. The van der Waals surface area contributed by atoms with E-state index in [1.165, 1.54) is 0 Å². The van der Waals surface area contributed by atoms with Gasteiger partial charge in [-0.2, -0.15) is 0 Å². The van der Waals surface area contributed by atoms with Crippen LogP contribution in [0.25, 0.3) is 0 Å². The van der Waals surface area contributed by atoms with Crippen molar-refractivity contribution in [1.82, 2.24) is 10.5 Å². The van der Waals surface area contributed by atoms with E-state index >= 15 is 0 Å². The average molecular weight is 405 g/mol. The third-order valence-electron chi connectivity index (χ3n) is 3.80. The first-order valence-corrected chi connectivity index (χ1v) is 9.72. The van der Waals surface area contributed by atoms with E-state index in [2.05, 4.69) is 15.8 Å². The summed E-state index contributed by atoms with van der Waals surface area (Å²) in [6, 6.07) is 9.30. The Bertz CT molecular complexity index is 836. The molecule has 28 heavy (non-hydrogen) atoms. The normalized spacial score (nSPS) is 11.5. The molecule has 9 heteroatoms. The maximum absolute atomic E-state index is 12.0. The van der Waals surface area contributed by atoms with Crippen molar-refractivity contribution >= 4 is 35.4 Å². The first-order valence-electron chi connectivity index (χ1n) is 8.67. The van der Waals surface area contributed by atoms with Crippen LogP contribution in [0, 0.1) is 13.8 Å². The van der Waals surface area contributed by atoms with Crippen molar-refractivity contribution < 1.29 is 23.6 Å². The number of carbonyl (C=O) groups excluding carboxylic acids is 3. The summed E-state index contributed by atoms with van der Waals surface area (Å²) >= 11 is 1.11. The van der Waals surface area contributed by atoms with Gasteiger partial charge in [0.2, 0.25) is 5.91 Å². The molecule has 2 N–H and O–H groups in total. The van der Waals surface area contributed by atoms with E-state index in [0.29, 0.717) is 18.1 Å². The van der Waals surface area contributed by atoms with E-state index in [1.54, 1.807) is 19.9 Å². The summed E-state index contributed by atoms with van der Waals surface area (Å²) in [5, 5.41) is 8.47. The third kappa shape index (κ3) is 7.07. The standard InChI is InChI=1S/C19H23N3O5S/c1-12-6-4-5-7-15(12)9-20-17(23)10-26-18(24)11-28-14(3)19(25)21-16-8-13(2)27-22-16/h4-8,14H,9-11H2,1-3H3,(H,20,23)(H,21,22,25)/t14-/m1/s1. The van der Waals surface area contributed by atoms with E-state index in [-0.39, 0.29) is 24.2 Å². The van der Waals surface area contributed by atoms with E-state index in [0.717, 1.165) is 22.9 Å². The molecule has 1 aromatic heterocycles. The maximum Gasteiger partial charge on any atom is 0.316 e. The summed E-state index contributed by atoms with van der Waals surface area (Å²) in [6.45, 7) is 5.35. The minimum absolute atomic E-state index is 0.0441. The van der Waals surface area contributed by atoms with Crippen molar-refractivity contribution in [2.75, 3.05) is 17.7 Å². The summed E-state index contributed by atoms with van der Waals surface area (Å²) in [5.41, 5.74) is 2.07. The molecule has 0 aliphatic carbocycles. The van der Waals surface area contributed by atoms with Gasteiger partial charge in [0.15, 0.2) is 12.4 Å². The Morgan fingerprint density at radius 2 is 2.00 bits per heavy atom. The number of thioether (sulfide) groups is 1. The van der Waals surface area contributed by atoms with Gasteiger partial charge in [0.25, 0.3) is 5.91 Å². The molecule has 1 atom stereocenters. The number of amides is 2. The van der Waals surface area contributed by atoms with Crippen molar-refractivity contribution in [2.45, 2.75) is 32.6 Å². The number of aryl methyl sites for hydroxylation is 2. The van der Waals surface area contributed by atoms with E-state index in [1.807, 2.05) is 31.2 Å². The first-order chi connectivity index (χ1) is 13.3. The molecule has 0 aliphatic rings. The van der Waals surface area contributed by atoms with Crippen LogP contribution in [-0.2, 0) is 25.7 Å². The summed E-state index contributed by atoms with van der Waals surface area (Å²) in [5.74, 6) is -0.385. The van der Waals surface area contributed by atoms with Crippen molar-refractivity contribution in [3.05, 3.63) is 47.2 Å². The lowest BCUT2D eigenvalue weighted by Crippen LogP contribution is -2.29. The SMILES string of the molecule is Cc1cc(NC(=O)[C@@H](C)SCC(=O)OCC(=O)NCc2ccccc2C)no1. The van der Waals surface area contributed by atoms with Crippen LogP contribution < -0.4 is 10.6 Å². The van der Waals surface area contributed by atoms with Crippen LogP contribution in [0.5, 0.6) is 0 Å². The van der Waals surface area contributed by atoms with Crippen LogP contribution in [-0.4, -0.2) is 40.6 Å². The zero-order chi connectivity index (χ0) is 20.5. The highest BCUT2D eigenvalue weighted by molar-refractivity contribution is 8.01.